The standard InChI is InChI=1S/C18H26N5O9P/c1-4-28-33(26,29-8-7-27-11(2)24)30-9-13-5-6-14(32-13)23-10-20-15-16(23)21-18(19)22-17(15)31-12(3)25/h10,13-14H,4-9H2,1-3H3,(H2,19,21,22)/t13-,14+,33?/m0/s1. The number of hydrogen-bond donors (Lipinski definition) is 1. The first kappa shape index (κ1) is 25.0. The van der Waals surface area contributed by atoms with Crippen molar-refractivity contribution in [3.63, 3.8) is 0 Å². The minimum Gasteiger partial charge on any atom is -0.463 e. The smallest absolute Gasteiger partial charge is 0.463 e. The average molecular weight is 487 g/mol. The zero-order valence-electron chi connectivity index (χ0n) is 18.5. The number of fused-ring (bicyclic) bond motifs is 1. The van der Waals surface area contributed by atoms with E-state index in [1.807, 2.05) is 0 Å². The molecule has 3 atom stereocenters. The van der Waals surface area contributed by atoms with Crippen LogP contribution in [0.3, 0.4) is 0 Å². The summed E-state index contributed by atoms with van der Waals surface area (Å²) in [6.45, 7) is 3.98. The molecule has 3 rings (SSSR count). The molecule has 2 N–H and O–H groups in total. The molecule has 15 heteroatoms. The maximum atomic E-state index is 12.7. The number of ether oxygens (including phenoxy) is 3. The Balaban J connectivity index is 1.62. The second-order valence-electron chi connectivity index (χ2n) is 6.93. The minimum atomic E-state index is -3.85. The molecule has 1 saturated heterocycles. The SMILES string of the molecule is CCOP(=O)(OCCOC(C)=O)OC[C@@H]1CC[C@H](n2cnc3c(OC(C)=O)nc(N)nc32)O1. The van der Waals surface area contributed by atoms with Gasteiger partial charge in [-0.2, -0.15) is 9.97 Å². The number of carbonyl (C=O) groups excluding carboxylic acids is 2. The molecule has 0 spiro atoms. The molecule has 14 nitrogen and oxygen atoms in total. The Bertz CT molecular complexity index is 1050. The van der Waals surface area contributed by atoms with Crippen molar-refractivity contribution >= 4 is 36.9 Å². The molecule has 2 aromatic heterocycles. The summed E-state index contributed by atoms with van der Waals surface area (Å²) in [6.07, 6.45) is 1.78. The number of carbonyl (C=O) groups is 2. The second-order valence-corrected chi connectivity index (χ2v) is 8.60. The third kappa shape index (κ3) is 6.68. The van der Waals surface area contributed by atoms with Gasteiger partial charge in [-0.1, -0.05) is 0 Å². The van der Waals surface area contributed by atoms with Crippen LogP contribution < -0.4 is 10.5 Å². The normalized spacial score (nSPS) is 20.0. The van der Waals surface area contributed by atoms with Gasteiger partial charge >= 0.3 is 19.8 Å². The monoisotopic (exact) mass is 487 g/mol. The van der Waals surface area contributed by atoms with E-state index in [2.05, 4.69) is 15.0 Å². The molecule has 0 aromatic carbocycles. The number of imidazole rings is 1. The minimum absolute atomic E-state index is 0.0369. The zero-order valence-corrected chi connectivity index (χ0v) is 19.4. The highest BCUT2D eigenvalue weighted by molar-refractivity contribution is 7.48. The van der Waals surface area contributed by atoms with Gasteiger partial charge in [-0.3, -0.25) is 27.7 Å². The van der Waals surface area contributed by atoms with Gasteiger partial charge in [0.2, 0.25) is 5.95 Å². The highest BCUT2D eigenvalue weighted by Crippen LogP contribution is 2.50. The lowest BCUT2D eigenvalue weighted by Crippen LogP contribution is -2.17. The van der Waals surface area contributed by atoms with Crippen LogP contribution >= 0.6 is 7.82 Å². The topological polar surface area (TPSA) is 176 Å². The van der Waals surface area contributed by atoms with E-state index in [4.69, 9.17) is 33.5 Å². The van der Waals surface area contributed by atoms with E-state index in [0.29, 0.717) is 18.5 Å². The van der Waals surface area contributed by atoms with Crippen molar-refractivity contribution in [1.82, 2.24) is 19.5 Å². The number of nitrogen functional groups attached to an aromatic ring is 1. The van der Waals surface area contributed by atoms with Gasteiger partial charge in [0, 0.05) is 13.8 Å². The zero-order chi connectivity index (χ0) is 24.0. The fourth-order valence-corrected chi connectivity index (χ4v) is 4.30. The van der Waals surface area contributed by atoms with Crippen LogP contribution in [0.5, 0.6) is 5.88 Å². The van der Waals surface area contributed by atoms with Gasteiger partial charge in [0.25, 0.3) is 5.88 Å². The molecule has 0 aliphatic carbocycles. The molecule has 0 radical (unpaired) electrons. The van der Waals surface area contributed by atoms with Gasteiger partial charge in [0.1, 0.15) is 12.8 Å². The summed E-state index contributed by atoms with van der Waals surface area (Å²) in [7, 11) is -3.85. The fraction of sp³-hybridized carbons (Fsp3) is 0.611. The van der Waals surface area contributed by atoms with Crippen LogP contribution in [0.4, 0.5) is 5.95 Å². The van der Waals surface area contributed by atoms with Crippen molar-refractivity contribution in [2.45, 2.75) is 45.9 Å². The summed E-state index contributed by atoms with van der Waals surface area (Å²) in [5.41, 5.74) is 6.36. The van der Waals surface area contributed by atoms with E-state index in [9.17, 15) is 14.2 Å². The van der Waals surface area contributed by atoms with Gasteiger partial charge in [-0.25, -0.2) is 9.55 Å². The Labute approximate surface area is 189 Å². The fourth-order valence-electron chi connectivity index (χ4n) is 3.12. The number of hydrogen-bond acceptors (Lipinski definition) is 13. The predicted octanol–water partition coefficient (Wildman–Crippen LogP) is 1.75. The average Bonchev–Trinajstić information content (AvgIpc) is 3.36. The van der Waals surface area contributed by atoms with Crippen molar-refractivity contribution in [2.24, 2.45) is 0 Å². The molecule has 182 valence electrons. The van der Waals surface area contributed by atoms with Crippen molar-refractivity contribution in [3.05, 3.63) is 6.33 Å². The van der Waals surface area contributed by atoms with Crippen LogP contribution in [-0.2, 0) is 37.2 Å². The van der Waals surface area contributed by atoms with E-state index < -0.39 is 32.1 Å². The molecule has 1 fully saturated rings. The van der Waals surface area contributed by atoms with Gasteiger partial charge in [0.05, 0.1) is 32.3 Å². The van der Waals surface area contributed by atoms with Crippen molar-refractivity contribution in [3.8, 4) is 5.88 Å². The van der Waals surface area contributed by atoms with Crippen molar-refractivity contribution < 1.29 is 41.9 Å². The van der Waals surface area contributed by atoms with Gasteiger partial charge in [-0.05, 0) is 19.8 Å². The largest absolute Gasteiger partial charge is 0.474 e. The number of anilines is 1. The molecule has 0 amide bonds. The number of esters is 2. The van der Waals surface area contributed by atoms with Gasteiger partial charge in [0.15, 0.2) is 11.2 Å². The lowest BCUT2D eigenvalue weighted by atomic mass is 10.2. The van der Waals surface area contributed by atoms with Gasteiger partial charge < -0.3 is 19.9 Å². The van der Waals surface area contributed by atoms with E-state index in [1.165, 1.54) is 20.2 Å². The lowest BCUT2D eigenvalue weighted by molar-refractivity contribution is -0.142. The molecule has 1 aliphatic rings. The van der Waals surface area contributed by atoms with Crippen LogP contribution in [0.1, 0.15) is 39.8 Å². The Kier molecular flexibility index (Phi) is 8.32. The molecule has 1 aliphatic heterocycles. The number of nitrogens with two attached hydrogens (primary N) is 1. The summed E-state index contributed by atoms with van der Waals surface area (Å²) in [5.74, 6) is -1.16. The number of phosphoric acid groups is 1. The summed E-state index contributed by atoms with van der Waals surface area (Å²) >= 11 is 0. The van der Waals surface area contributed by atoms with E-state index in [0.717, 1.165) is 0 Å². The molecule has 2 aromatic rings. The first-order valence-electron chi connectivity index (χ1n) is 10.2. The van der Waals surface area contributed by atoms with Crippen molar-refractivity contribution in [1.29, 1.82) is 0 Å². The van der Waals surface area contributed by atoms with Crippen LogP contribution in [0.25, 0.3) is 11.2 Å². The van der Waals surface area contributed by atoms with Crippen LogP contribution in [-0.4, -0.2) is 64.0 Å². The van der Waals surface area contributed by atoms with E-state index >= 15 is 0 Å². The van der Waals surface area contributed by atoms with Gasteiger partial charge in [-0.15, -0.1) is 0 Å². The number of rotatable bonds is 11. The number of aromatic nitrogens is 4. The highest BCUT2D eigenvalue weighted by Gasteiger charge is 2.33. The van der Waals surface area contributed by atoms with Crippen LogP contribution in [0.2, 0.25) is 0 Å². The molecule has 0 saturated carbocycles. The first-order chi connectivity index (χ1) is 15.7. The van der Waals surface area contributed by atoms with E-state index in [-0.39, 0.29) is 43.8 Å². The summed E-state index contributed by atoms with van der Waals surface area (Å²) < 4.78 is 45.9. The molecule has 0 bridgehead atoms. The molecule has 33 heavy (non-hydrogen) atoms. The lowest BCUT2D eigenvalue weighted by Gasteiger charge is -2.20. The molecular weight excluding hydrogens is 461 g/mol. The van der Waals surface area contributed by atoms with Crippen molar-refractivity contribution in [2.75, 3.05) is 32.2 Å². The van der Waals surface area contributed by atoms with E-state index in [1.54, 1.807) is 11.5 Å². The highest BCUT2D eigenvalue weighted by atomic mass is 31.2. The number of phosphoric ester groups is 1. The Morgan fingerprint density at radius 3 is 2.67 bits per heavy atom. The first-order valence-corrected chi connectivity index (χ1v) is 11.7. The maximum absolute atomic E-state index is 12.7. The molecule has 1 unspecified atom stereocenters. The Morgan fingerprint density at radius 2 is 1.97 bits per heavy atom. The Morgan fingerprint density at radius 1 is 1.18 bits per heavy atom. The Hall–Kier alpha value is -2.64. The van der Waals surface area contributed by atoms with Crippen LogP contribution in [0, 0.1) is 0 Å². The third-order valence-electron chi connectivity index (χ3n) is 4.39. The summed E-state index contributed by atoms with van der Waals surface area (Å²) in [4.78, 5) is 34.5. The maximum Gasteiger partial charge on any atom is 0.474 e. The summed E-state index contributed by atoms with van der Waals surface area (Å²) in [6, 6.07) is 0. The number of nitrogens with zero attached hydrogens (tertiary/aromatic N) is 4. The third-order valence-corrected chi connectivity index (χ3v) is 5.92. The predicted molar refractivity (Wildman–Crippen MR) is 112 cm³/mol. The van der Waals surface area contributed by atoms with Crippen LogP contribution in [0.15, 0.2) is 6.33 Å². The second kappa shape index (κ2) is 11.0. The summed E-state index contributed by atoms with van der Waals surface area (Å²) in [5, 5.41) is 0. The quantitative estimate of drug-likeness (QED) is 0.276. The molecule has 3 heterocycles. The molecular formula is C18H26N5O9P.